The van der Waals surface area contributed by atoms with Crippen molar-refractivity contribution in [1.82, 2.24) is 0 Å². The zero-order valence-corrected chi connectivity index (χ0v) is 44.6. The molecule has 0 amide bonds. The van der Waals surface area contributed by atoms with E-state index in [9.17, 15) is 14.7 Å². The van der Waals surface area contributed by atoms with Crippen LogP contribution in [0.2, 0.25) is 0 Å². The molecular weight excluding hydrogens is 837 g/mol. The van der Waals surface area contributed by atoms with E-state index in [1.807, 2.05) is 0 Å². The quantitative estimate of drug-likeness (QED) is 0.0374. The highest BCUT2D eigenvalue weighted by molar-refractivity contribution is 5.70. The second-order valence-electron chi connectivity index (χ2n) is 19.0. The van der Waals surface area contributed by atoms with E-state index >= 15 is 0 Å². The number of allylic oxidation sites excluding steroid dienone is 16. The summed E-state index contributed by atoms with van der Waals surface area (Å²) in [5.41, 5.74) is 0. The summed E-state index contributed by atoms with van der Waals surface area (Å²) in [4.78, 5) is 24.5. The Morgan fingerprint density at radius 3 is 0.956 bits per heavy atom. The largest absolute Gasteiger partial charge is 0.462 e. The minimum atomic E-state index is -0.785. The predicted molar refractivity (Wildman–Crippen MR) is 297 cm³/mol. The van der Waals surface area contributed by atoms with Gasteiger partial charge in [0.15, 0.2) is 6.10 Å². The van der Waals surface area contributed by atoms with E-state index in [-0.39, 0.29) is 25.2 Å². The smallest absolute Gasteiger partial charge is 0.306 e. The van der Waals surface area contributed by atoms with E-state index < -0.39 is 6.10 Å². The van der Waals surface area contributed by atoms with Crippen LogP contribution in [-0.2, 0) is 19.1 Å². The lowest BCUT2D eigenvalue weighted by molar-refractivity contribution is -0.161. The van der Waals surface area contributed by atoms with Crippen LogP contribution < -0.4 is 0 Å². The van der Waals surface area contributed by atoms with Crippen LogP contribution in [0.5, 0.6) is 0 Å². The fourth-order valence-corrected chi connectivity index (χ4v) is 8.10. The SMILES string of the molecule is CC/C=C\C/C=C\C/C=C\C/C=C\C/C=C\C/C=C\C/C=C\C/C=C\CCCCCCCCC(=O)OC(CO)COC(=O)CCCCCCCCCCCCCCCCCCCCCCCCC. The Labute approximate surface area is 421 Å². The van der Waals surface area contributed by atoms with E-state index in [4.69, 9.17) is 9.47 Å². The molecule has 0 bridgehead atoms. The van der Waals surface area contributed by atoms with Crippen molar-refractivity contribution in [1.29, 1.82) is 0 Å². The van der Waals surface area contributed by atoms with Crippen molar-refractivity contribution in [3.63, 3.8) is 0 Å². The first kappa shape index (κ1) is 64.8. The normalized spacial score (nSPS) is 12.9. The lowest BCUT2D eigenvalue weighted by Gasteiger charge is -2.15. The van der Waals surface area contributed by atoms with Gasteiger partial charge in [-0.2, -0.15) is 0 Å². The molecule has 0 aliphatic heterocycles. The number of hydrogen-bond acceptors (Lipinski definition) is 5. The standard InChI is InChI=1S/C63H108O5/c1-3-5-7-9-11-13-15-17-19-21-23-25-27-28-29-30-31-32-33-34-36-38-40-42-44-46-48-50-52-54-56-58-63(66)68-61(59-64)60-67-62(65)57-55-53-51-49-47-45-43-41-39-37-35-26-24-22-20-18-16-14-12-10-8-6-4-2/h5,7,11,13,17,19,23,25,28-29,31-32,34,36,40,42,61,64H,3-4,6,8-10,12,14-16,18,20-22,24,26-27,30,33,35,37-39,41,43-60H2,1-2H3/b7-5-,13-11-,19-17-,25-23-,29-28-,32-31-,36-34-,42-40-. The molecule has 0 saturated heterocycles. The maximum absolute atomic E-state index is 12.3. The molecule has 0 saturated carbocycles. The maximum Gasteiger partial charge on any atom is 0.306 e. The first-order chi connectivity index (χ1) is 33.6. The molecule has 0 aromatic heterocycles. The zero-order valence-electron chi connectivity index (χ0n) is 44.6. The monoisotopic (exact) mass is 945 g/mol. The van der Waals surface area contributed by atoms with Gasteiger partial charge in [0.1, 0.15) is 6.61 Å². The van der Waals surface area contributed by atoms with Crippen LogP contribution in [0.15, 0.2) is 97.2 Å². The van der Waals surface area contributed by atoms with Crippen molar-refractivity contribution in [2.45, 2.75) is 277 Å². The van der Waals surface area contributed by atoms with Gasteiger partial charge in [0.25, 0.3) is 0 Å². The second kappa shape index (κ2) is 58.1. The Hall–Kier alpha value is -3.18. The molecule has 0 rings (SSSR count). The van der Waals surface area contributed by atoms with Crippen LogP contribution in [-0.4, -0.2) is 36.4 Å². The summed E-state index contributed by atoms with van der Waals surface area (Å²) in [5.74, 6) is -0.602. The maximum atomic E-state index is 12.3. The third kappa shape index (κ3) is 55.4. The summed E-state index contributed by atoms with van der Waals surface area (Å²) in [6.45, 7) is 4.04. The number of rotatable bonds is 52. The van der Waals surface area contributed by atoms with Crippen molar-refractivity contribution in [3.05, 3.63) is 97.2 Å². The predicted octanol–water partition coefficient (Wildman–Crippen LogP) is 19.5. The molecule has 390 valence electrons. The third-order valence-corrected chi connectivity index (χ3v) is 12.4. The second-order valence-corrected chi connectivity index (χ2v) is 19.0. The number of hydrogen-bond donors (Lipinski definition) is 1. The average Bonchev–Trinajstić information content (AvgIpc) is 3.34. The molecule has 5 nitrogen and oxygen atoms in total. The first-order valence-electron chi connectivity index (χ1n) is 28.8. The molecule has 0 aliphatic rings. The number of carbonyl (C=O) groups excluding carboxylic acids is 2. The van der Waals surface area contributed by atoms with E-state index in [0.29, 0.717) is 12.8 Å². The Balaban J connectivity index is 3.56. The van der Waals surface area contributed by atoms with E-state index in [1.54, 1.807) is 0 Å². The van der Waals surface area contributed by atoms with Gasteiger partial charge in [0.05, 0.1) is 6.61 Å². The van der Waals surface area contributed by atoms with Crippen LogP contribution in [0.3, 0.4) is 0 Å². The lowest BCUT2D eigenvalue weighted by Crippen LogP contribution is -2.28. The van der Waals surface area contributed by atoms with Gasteiger partial charge in [-0.05, 0) is 77.0 Å². The van der Waals surface area contributed by atoms with Gasteiger partial charge in [-0.25, -0.2) is 0 Å². The van der Waals surface area contributed by atoms with Crippen LogP contribution in [0.4, 0.5) is 0 Å². The van der Waals surface area contributed by atoms with Gasteiger partial charge in [-0.1, -0.05) is 278 Å². The van der Waals surface area contributed by atoms with Crippen LogP contribution in [0.1, 0.15) is 271 Å². The van der Waals surface area contributed by atoms with E-state index in [2.05, 4.69) is 111 Å². The van der Waals surface area contributed by atoms with Crippen molar-refractivity contribution in [2.75, 3.05) is 13.2 Å². The Kier molecular flexibility index (Phi) is 55.4. The highest BCUT2D eigenvalue weighted by Gasteiger charge is 2.16. The number of aliphatic hydroxyl groups is 1. The summed E-state index contributed by atoms with van der Waals surface area (Å²) in [6.07, 6.45) is 82.3. The van der Waals surface area contributed by atoms with Crippen LogP contribution in [0.25, 0.3) is 0 Å². The topological polar surface area (TPSA) is 72.8 Å². The molecule has 1 unspecified atom stereocenters. The number of esters is 2. The lowest BCUT2D eigenvalue weighted by atomic mass is 10.0. The highest BCUT2D eigenvalue weighted by Crippen LogP contribution is 2.16. The Morgan fingerprint density at radius 1 is 0.353 bits per heavy atom. The number of ether oxygens (including phenoxy) is 2. The summed E-state index contributed by atoms with van der Waals surface area (Å²) < 4.78 is 10.7. The van der Waals surface area contributed by atoms with E-state index in [1.165, 1.54) is 148 Å². The summed E-state index contributed by atoms with van der Waals surface area (Å²) >= 11 is 0. The fraction of sp³-hybridized carbons (Fsp3) is 0.714. The van der Waals surface area contributed by atoms with Gasteiger partial charge < -0.3 is 14.6 Å². The summed E-state index contributed by atoms with van der Waals surface area (Å²) in [6, 6.07) is 0. The molecule has 1 N–H and O–H groups in total. The van der Waals surface area contributed by atoms with Crippen molar-refractivity contribution in [2.24, 2.45) is 0 Å². The van der Waals surface area contributed by atoms with Gasteiger partial charge in [0, 0.05) is 12.8 Å². The van der Waals surface area contributed by atoms with Crippen molar-refractivity contribution >= 4 is 11.9 Å². The van der Waals surface area contributed by atoms with E-state index in [0.717, 1.165) is 96.3 Å². The molecule has 0 radical (unpaired) electrons. The molecule has 68 heavy (non-hydrogen) atoms. The van der Waals surface area contributed by atoms with Crippen LogP contribution in [0, 0.1) is 0 Å². The van der Waals surface area contributed by atoms with Gasteiger partial charge >= 0.3 is 11.9 Å². The third-order valence-electron chi connectivity index (χ3n) is 12.4. The van der Waals surface area contributed by atoms with Crippen molar-refractivity contribution in [3.8, 4) is 0 Å². The molecule has 0 spiro atoms. The molecule has 0 aromatic rings. The van der Waals surface area contributed by atoms with Crippen molar-refractivity contribution < 1.29 is 24.2 Å². The molecular formula is C63H108O5. The molecule has 0 aliphatic carbocycles. The molecule has 0 aromatic carbocycles. The fourth-order valence-electron chi connectivity index (χ4n) is 8.10. The van der Waals surface area contributed by atoms with Crippen LogP contribution >= 0.6 is 0 Å². The van der Waals surface area contributed by atoms with Gasteiger partial charge in [0.2, 0.25) is 0 Å². The molecule has 1 atom stereocenters. The zero-order chi connectivity index (χ0) is 49.2. The minimum Gasteiger partial charge on any atom is -0.462 e. The molecule has 0 heterocycles. The molecule has 0 fully saturated rings. The van der Waals surface area contributed by atoms with Gasteiger partial charge in [-0.3, -0.25) is 9.59 Å². The minimum absolute atomic E-state index is 0.0739. The summed E-state index contributed by atoms with van der Waals surface area (Å²) in [7, 11) is 0. The Bertz CT molecular complexity index is 1300. The number of carbonyl (C=O) groups is 2. The molecule has 5 heteroatoms. The number of unbranched alkanes of at least 4 members (excludes halogenated alkanes) is 28. The first-order valence-corrected chi connectivity index (χ1v) is 28.8. The average molecular weight is 946 g/mol. The summed E-state index contributed by atoms with van der Waals surface area (Å²) in [5, 5.41) is 9.66. The Morgan fingerprint density at radius 2 is 0.632 bits per heavy atom. The highest BCUT2D eigenvalue weighted by atomic mass is 16.6. The van der Waals surface area contributed by atoms with Gasteiger partial charge in [-0.15, -0.1) is 0 Å². The number of aliphatic hydroxyl groups excluding tert-OH is 1.